The molecular formula is C16H35N3. The summed E-state index contributed by atoms with van der Waals surface area (Å²) in [7, 11) is 4.33. The first-order valence-corrected chi connectivity index (χ1v) is 8.17. The largest absolute Gasteiger partial charge is 0.329 e. The van der Waals surface area contributed by atoms with E-state index in [0.717, 1.165) is 19.6 Å². The third-order valence-corrected chi connectivity index (χ3v) is 4.78. The van der Waals surface area contributed by atoms with Crippen LogP contribution in [0.15, 0.2) is 0 Å². The maximum absolute atomic E-state index is 6.25. The molecule has 0 radical (unpaired) electrons. The maximum atomic E-state index is 6.25. The topological polar surface area (TPSA) is 32.5 Å². The zero-order valence-corrected chi connectivity index (χ0v) is 13.6. The summed E-state index contributed by atoms with van der Waals surface area (Å²) < 4.78 is 0. The van der Waals surface area contributed by atoms with Crippen LogP contribution in [0.25, 0.3) is 0 Å². The lowest BCUT2D eigenvalue weighted by molar-refractivity contribution is 0.0281. The van der Waals surface area contributed by atoms with Gasteiger partial charge in [0, 0.05) is 24.7 Å². The summed E-state index contributed by atoms with van der Waals surface area (Å²) in [5.41, 5.74) is 6.50. The predicted molar refractivity (Wildman–Crippen MR) is 84.5 cm³/mol. The smallest absolute Gasteiger partial charge is 0.0334 e. The minimum atomic E-state index is 0.255. The van der Waals surface area contributed by atoms with E-state index in [2.05, 4.69) is 37.7 Å². The Morgan fingerprint density at radius 2 is 1.58 bits per heavy atom. The van der Waals surface area contributed by atoms with Gasteiger partial charge in [-0.1, -0.05) is 39.0 Å². The van der Waals surface area contributed by atoms with Crippen LogP contribution in [0, 0.1) is 0 Å². The first kappa shape index (κ1) is 16.9. The summed E-state index contributed by atoms with van der Waals surface area (Å²) in [4.78, 5) is 4.98. The van der Waals surface area contributed by atoms with E-state index in [9.17, 15) is 0 Å². The van der Waals surface area contributed by atoms with Gasteiger partial charge in [-0.3, -0.25) is 4.90 Å². The third-order valence-electron chi connectivity index (χ3n) is 4.78. The Morgan fingerprint density at radius 3 is 2.00 bits per heavy atom. The fraction of sp³-hybridized carbons (Fsp3) is 1.00. The first-order chi connectivity index (χ1) is 9.05. The van der Waals surface area contributed by atoms with Crippen molar-refractivity contribution in [3.63, 3.8) is 0 Å². The highest BCUT2D eigenvalue weighted by Crippen LogP contribution is 2.32. The summed E-state index contributed by atoms with van der Waals surface area (Å²) in [6.07, 6.45) is 9.47. The Kier molecular flexibility index (Phi) is 7.33. The molecular weight excluding hydrogens is 234 g/mol. The number of rotatable bonds is 6. The second-order valence-electron chi connectivity index (χ2n) is 6.59. The molecule has 0 bridgehead atoms. The Balaban J connectivity index is 2.80. The van der Waals surface area contributed by atoms with E-state index in [4.69, 9.17) is 5.73 Å². The lowest BCUT2D eigenvalue weighted by atomic mass is 9.81. The van der Waals surface area contributed by atoms with Crippen molar-refractivity contribution in [1.82, 2.24) is 9.80 Å². The Morgan fingerprint density at radius 1 is 1.05 bits per heavy atom. The van der Waals surface area contributed by atoms with Gasteiger partial charge in [0.25, 0.3) is 0 Å². The average molecular weight is 269 g/mol. The average Bonchev–Trinajstić information content (AvgIpc) is 2.32. The highest BCUT2D eigenvalue weighted by molar-refractivity contribution is 4.94. The molecule has 3 heteroatoms. The van der Waals surface area contributed by atoms with Crippen LogP contribution < -0.4 is 5.73 Å². The second kappa shape index (κ2) is 8.23. The van der Waals surface area contributed by atoms with Gasteiger partial charge in [0.2, 0.25) is 0 Å². The molecule has 2 N–H and O–H groups in total. The lowest BCUT2D eigenvalue weighted by Gasteiger charge is -2.48. The molecule has 0 aromatic rings. The van der Waals surface area contributed by atoms with Gasteiger partial charge in [-0.15, -0.1) is 0 Å². The van der Waals surface area contributed by atoms with Crippen LogP contribution in [0.1, 0.15) is 58.8 Å². The summed E-state index contributed by atoms with van der Waals surface area (Å²) in [5, 5.41) is 0. The monoisotopic (exact) mass is 269 g/mol. The fourth-order valence-corrected chi connectivity index (χ4v) is 3.91. The minimum absolute atomic E-state index is 0.255. The van der Waals surface area contributed by atoms with E-state index in [1.165, 1.54) is 44.9 Å². The molecule has 1 atom stereocenters. The molecule has 19 heavy (non-hydrogen) atoms. The molecule has 0 aromatic heterocycles. The molecule has 1 saturated carbocycles. The third kappa shape index (κ3) is 4.73. The van der Waals surface area contributed by atoms with E-state index in [1.807, 2.05) is 0 Å². The van der Waals surface area contributed by atoms with Crippen molar-refractivity contribution in [2.24, 2.45) is 5.73 Å². The van der Waals surface area contributed by atoms with Gasteiger partial charge >= 0.3 is 0 Å². The Hall–Kier alpha value is -0.120. The molecule has 1 rings (SSSR count). The molecule has 0 aliphatic heterocycles. The zero-order valence-electron chi connectivity index (χ0n) is 13.6. The second-order valence-corrected chi connectivity index (χ2v) is 6.59. The van der Waals surface area contributed by atoms with Crippen molar-refractivity contribution >= 4 is 0 Å². The van der Waals surface area contributed by atoms with Crippen LogP contribution in [0.4, 0.5) is 0 Å². The van der Waals surface area contributed by atoms with Gasteiger partial charge in [-0.2, -0.15) is 0 Å². The standard InChI is InChI=1S/C16H35N3/c1-5-19(15(2)13-18(3)4)16(14-17)11-9-7-6-8-10-12-16/h15H,5-14,17H2,1-4H3. The molecule has 114 valence electrons. The summed E-state index contributed by atoms with van der Waals surface area (Å²) >= 11 is 0. The molecule has 0 spiro atoms. The van der Waals surface area contributed by atoms with Crippen LogP contribution in [0.5, 0.6) is 0 Å². The Labute approximate surface area is 120 Å². The molecule has 0 amide bonds. The highest BCUT2D eigenvalue weighted by Gasteiger charge is 2.36. The van der Waals surface area contributed by atoms with Gasteiger partial charge in [-0.25, -0.2) is 0 Å². The van der Waals surface area contributed by atoms with Crippen LogP contribution in [-0.2, 0) is 0 Å². The van der Waals surface area contributed by atoms with Crippen molar-refractivity contribution in [2.75, 3.05) is 33.7 Å². The molecule has 0 saturated heterocycles. The molecule has 1 fully saturated rings. The lowest BCUT2D eigenvalue weighted by Crippen LogP contribution is -2.59. The summed E-state index contributed by atoms with van der Waals surface area (Å²) in [6.45, 7) is 7.71. The van der Waals surface area contributed by atoms with Crippen LogP contribution in [-0.4, -0.2) is 55.1 Å². The number of hydrogen-bond donors (Lipinski definition) is 1. The van der Waals surface area contributed by atoms with Crippen molar-refractivity contribution < 1.29 is 0 Å². The quantitative estimate of drug-likeness (QED) is 0.805. The molecule has 3 nitrogen and oxygen atoms in total. The van der Waals surface area contributed by atoms with Gasteiger partial charge in [0.05, 0.1) is 0 Å². The maximum Gasteiger partial charge on any atom is 0.0334 e. The van der Waals surface area contributed by atoms with Gasteiger partial charge in [0.1, 0.15) is 0 Å². The normalized spacial score (nSPS) is 22.3. The van der Waals surface area contributed by atoms with Gasteiger partial charge in [-0.05, 0) is 40.4 Å². The molecule has 1 aliphatic rings. The van der Waals surface area contributed by atoms with E-state index >= 15 is 0 Å². The van der Waals surface area contributed by atoms with E-state index in [-0.39, 0.29) is 5.54 Å². The minimum Gasteiger partial charge on any atom is -0.329 e. The Bertz CT molecular complexity index is 232. The van der Waals surface area contributed by atoms with Crippen molar-refractivity contribution in [3.05, 3.63) is 0 Å². The number of nitrogens with zero attached hydrogens (tertiary/aromatic N) is 2. The zero-order chi connectivity index (χ0) is 14.3. The highest BCUT2D eigenvalue weighted by atomic mass is 15.3. The molecule has 0 heterocycles. The van der Waals surface area contributed by atoms with Gasteiger partial charge < -0.3 is 10.6 Å². The molecule has 1 unspecified atom stereocenters. The van der Waals surface area contributed by atoms with E-state index < -0.39 is 0 Å². The van der Waals surface area contributed by atoms with Crippen molar-refractivity contribution in [3.8, 4) is 0 Å². The number of nitrogens with two attached hydrogens (primary N) is 1. The van der Waals surface area contributed by atoms with Crippen molar-refractivity contribution in [2.45, 2.75) is 70.4 Å². The van der Waals surface area contributed by atoms with Crippen LogP contribution in [0.2, 0.25) is 0 Å². The first-order valence-electron chi connectivity index (χ1n) is 8.17. The number of likely N-dealkylation sites (N-methyl/N-ethyl adjacent to an activating group) is 2. The molecule has 0 aromatic carbocycles. The van der Waals surface area contributed by atoms with Crippen molar-refractivity contribution in [1.29, 1.82) is 0 Å². The summed E-state index contributed by atoms with van der Waals surface area (Å²) in [5.74, 6) is 0. The fourth-order valence-electron chi connectivity index (χ4n) is 3.91. The van der Waals surface area contributed by atoms with Crippen LogP contribution in [0.3, 0.4) is 0 Å². The SMILES string of the molecule is CCN(C(C)CN(C)C)C1(CN)CCCCCCC1. The summed E-state index contributed by atoms with van der Waals surface area (Å²) in [6, 6.07) is 0.586. The van der Waals surface area contributed by atoms with Gasteiger partial charge in [0.15, 0.2) is 0 Å². The van der Waals surface area contributed by atoms with E-state index in [1.54, 1.807) is 0 Å². The predicted octanol–water partition coefficient (Wildman–Crippen LogP) is 2.70. The molecule has 1 aliphatic carbocycles. The van der Waals surface area contributed by atoms with Crippen LogP contribution >= 0.6 is 0 Å². The number of hydrogen-bond acceptors (Lipinski definition) is 3. The van der Waals surface area contributed by atoms with E-state index in [0.29, 0.717) is 6.04 Å².